The molecule has 1 unspecified atom stereocenters. The molecule has 0 aliphatic heterocycles. The number of halogens is 1. The molecule has 0 aliphatic rings. The Balaban J connectivity index is 2.19. The Morgan fingerprint density at radius 2 is 2.30 bits per heavy atom. The van der Waals surface area contributed by atoms with Gasteiger partial charge in [-0.2, -0.15) is 0 Å². The number of benzene rings is 1. The third kappa shape index (κ3) is 3.55. The van der Waals surface area contributed by atoms with E-state index in [4.69, 9.17) is 5.73 Å². The highest BCUT2D eigenvalue weighted by Crippen LogP contribution is 2.24. The van der Waals surface area contributed by atoms with Crippen molar-refractivity contribution < 1.29 is 4.79 Å². The third-order valence-electron chi connectivity index (χ3n) is 3.22. The molecule has 1 amide bonds. The molecule has 0 fully saturated rings. The van der Waals surface area contributed by atoms with Gasteiger partial charge in [-0.3, -0.25) is 9.78 Å². The van der Waals surface area contributed by atoms with Crippen LogP contribution >= 0.6 is 15.9 Å². The second kappa shape index (κ2) is 6.81. The minimum Gasteiger partial charge on any atom is -0.330 e. The summed E-state index contributed by atoms with van der Waals surface area (Å²) in [6.45, 7) is 2.53. The lowest BCUT2D eigenvalue weighted by atomic mass is 10.0. The van der Waals surface area contributed by atoms with Gasteiger partial charge in [-0.1, -0.05) is 19.1 Å². The largest absolute Gasteiger partial charge is 0.330 e. The van der Waals surface area contributed by atoms with Crippen molar-refractivity contribution in [1.29, 1.82) is 0 Å². The maximum Gasteiger partial charge on any atom is 0.227 e. The monoisotopic (exact) mass is 335 g/mol. The van der Waals surface area contributed by atoms with Crippen molar-refractivity contribution in [3.8, 4) is 0 Å². The number of para-hydroxylation sites is 1. The highest BCUT2D eigenvalue weighted by atomic mass is 79.9. The minimum absolute atomic E-state index is 0.00988. The average Bonchev–Trinajstić information content (AvgIpc) is 2.44. The molecule has 0 saturated carbocycles. The van der Waals surface area contributed by atoms with Crippen molar-refractivity contribution in [2.45, 2.75) is 19.8 Å². The number of carbonyl (C=O) groups excluding carboxylic acids is 1. The number of carbonyl (C=O) groups is 1. The molecular weight excluding hydrogens is 318 g/mol. The third-order valence-corrected chi connectivity index (χ3v) is 3.66. The van der Waals surface area contributed by atoms with E-state index in [0.717, 1.165) is 33.9 Å². The first kappa shape index (κ1) is 14.9. The van der Waals surface area contributed by atoms with Crippen LogP contribution in [0, 0.1) is 5.92 Å². The Morgan fingerprint density at radius 1 is 1.50 bits per heavy atom. The average molecular weight is 336 g/mol. The van der Waals surface area contributed by atoms with E-state index in [2.05, 4.69) is 26.2 Å². The molecule has 2 aromatic rings. The van der Waals surface area contributed by atoms with Crippen molar-refractivity contribution >= 4 is 38.4 Å². The van der Waals surface area contributed by atoms with E-state index in [0.29, 0.717) is 6.54 Å². The fraction of sp³-hybridized carbons (Fsp3) is 0.333. The van der Waals surface area contributed by atoms with Gasteiger partial charge < -0.3 is 11.1 Å². The fourth-order valence-electron chi connectivity index (χ4n) is 2.05. The van der Waals surface area contributed by atoms with Crippen LogP contribution in [-0.4, -0.2) is 17.4 Å². The van der Waals surface area contributed by atoms with Gasteiger partial charge in [0.05, 0.1) is 11.2 Å². The summed E-state index contributed by atoms with van der Waals surface area (Å²) < 4.78 is 0.921. The second-order valence-electron chi connectivity index (χ2n) is 4.85. The predicted octanol–water partition coefficient (Wildman–Crippen LogP) is 3.31. The molecule has 3 N–H and O–H groups in total. The molecule has 0 aliphatic carbocycles. The molecule has 106 valence electrons. The first-order valence-corrected chi connectivity index (χ1v) is 7.46. The maximum atomic E-state index is 12.1. The van der Waals surface area contributed by atoms with Crippen molar-refractivity contribution in [3.63, 3.8) is 0 Å². The van der Waals surface area contributed by atoms with Crippen LogP contribution in [0.1, 0.15) is 19.8 Å². The first-order valence-electron chi connectivity index (χ1n) is 6.67. The van der Waals surface area contributed by atoms with Gasteiger partial charge in [0.15, 0.2) is 0 Å². The Kier molecular flexibility index (Phi) is 5.09. The van der Waals surface area contributed by atoms with Gasteiger partial charge >= 0.3 is 0 Å². The fourth-order valence-corrected chi connectivity index (χ4v) is 2.39. The van der Waals surface area contributed by atoms with Gasteiger partial charge in [0.1, 0.15) is 0 Å². The Morgan fingerprint density at radius 3 is 3.05 bits per heavy atom. The van der Waals surface area contributed by atoms with Gasteiger partial charge in [0.25, 0.3) is 0 Å². The van der Waals surface area contributed by atoms with E-state index < -0.39 is 0 Å². The van der Waals surface area contributed by atoms with E-state index in [1.54, 1.807) is 6.20 Å². The highest BCUT2D eigenvalue weighted by molar-refractivity contribution is 9.10. The van der Waals surface area contributed by atoms with Crippen LogP contribution in [0.15, 0.2) is 34.9 Å². The topological polar surface area (TPSA) is 68.0 Å². The molecule has 1 aromatic heterocycles. The van der Waals surface area contributed by atoms with Gasteiger partial charge in [-0.15, -0.1) is 0 Å². The van der Waals surface area contributed by atoms with E-state index in [-0.39, 0.29) is 11.8 Å². The summed E-state index contributed by atoms with van der Waals surface area (Å²) in [4.78, 5) is 16.5. The van der Waals surface area contributed by atoms with E-state index in [1.165, 1.54) is 0 Å². The van der Waals surface area contributed by atoms with Gasteiger partial charge in [0.2, 0.25) is 5.91 Å². The molecule has 1 aromatic carbocycles. The number of aromatic nitrogens is 1. The molecule has 0 saturated heterocycles. The predicted molar refractivity (Wildman–Crippen MR) is 85.5 cm³/mol. The van der Waals surface area contributed by atoms with Crippen LogP contribution in [-0.2, 0) is 4.79 Å². The number of nitrogens with zero attached hydrogens (tertiary/aromatic N) is 1. The summed E-state index contributed by atoms with van der Waals surface area (Å²) >= 11 is 3.40. The number of pyridine rings is 1. The Bertz CT molecular complexity index is 615. The standard InChI is InChI=1S/C15H18BrN3O/c1-10(4-3-7-17)15(20)19-13-6-2-5-11-8-12(16)9-18-14(11)13/h2,5-6,8-10H,3-4,7,17H2,1H3,(H,19,20). The molecule has 0 spiro atoms. The van der Waals surface area contributed by atoms with Gasteiger partial charge in [-0.25, -0.2) is 0 Å². The molecule has 4 nitrogen and oxygen atoms in total. The van der Waals surface area contributed by atoms with Crippen LogP contribution in [0.25, 0.3) is 10.9 Å². The summed E-state index contributed by atoms with van der Waals surface area (Å²) in [5.41, 5.74) is 7.02. The molecule has 0 radical (unpaired) electrons. The Hall–Kier alpha value is -1.46. The summed E-state index contributed by atoms with van der Waals surface area (Å²) in [6, 6.07) is 7.74. The number of rotatable bonds is 5. The minimum atomic E-state index is -0.0516. The molecule has 1 atom stereocenters. The zero-order valence-electron chi connectivity index (χ0n) is 11.4. The molecular formula is C15H18BrN3O. The number of hydrogen-bond acceptors (Lipinski definition) is 3. The normalized spacial score (nSPS) is 12.3. The molecule has 2 rings (SSSR count). The van der Waals surface area contributed by atoms with Crippen molar-refractivity contribution in [2.75, 3.05) is 11.9 Å². The lowest BCUT2D eigenvalue weighted by Gasteiger charge is -2.13. The van der Waals surface area contributed by atoms with Crippen molar-refractivity contribution in [3.05, 3.63) is 34.9 Å². The number of anilines is 1. The summed E-state index contributed by atoms with van der Waals surface area (Å²) in [5, 5.41) is 3.95. The second-order valence-corrected chi connectivity index (χ2v) is 5.77. The summed E-state index contributed by atoms with van der Waals surface area (Å²) in [7, 11) is 0. The molecule has 0 bridgehead atoms. The van der Waals surface area contributed by atoms with Crippen molar-refractivity contribution in [2.24, 2.45) is 11.7 Å². The Labute approximate surface area is 126 Å². The number of nitrogens with two attached hydrogens (primary N) is 1. The van der Waals surface area contributed by atoms with Crippen LogP contribution < -0.4 is 11.1 Å². The highest BCUT2D eigenvalue weighted by Gasteiger charge is 2.14. The summed E-state index contributed by atoms with van der Waals surface area (Å²) in [5.74, 6) is -0.0417. The number of amides is 1. The molecule has 20 heavy (non-hydrogen) atoms. The lowest BCUT2D eigenvalue weighted by molar-refractivity contribution is -0.119. The van der Waals surface area contributed by atoms with Crippen LogP contribution in [0.5, 0.6) is 0 Å². The quantitative estimate of drug-likeness (QED) is 0.880. The molecule has 5 heteroatoms. The van der Waals surface area contributed by atoms with Gasteiger partial charge in [-0.05, 0) is 47.4 Å². The van der Waals surface area contributed by atoms with Gasteiger partial charge in [0, 0.05) is 22.0 Å². The first-order chi connectivity index (χ1) is 9.61. The number of nitrogens with one attached hydrogen (secondary N) is 1. The smallest absolute Gasteiger partial charge is 0.227 e. The number of fused-ring (bicyclic) bond motifs is 1. The lowest BCUT2D eigenvalue weighted by Crippen LogP contribution is -2.21. The van der Waals surface area contributed by atoms with Crippen molar-refractivity contribution in [1.82, 2.24) is 4.98 Å². The van der Waals surface area contributed by atoms with E-state index in [1.807, 2.05) is 31.2 Å². The van der Waals surface area contributed by atoms with Crippen LogP contribution in [0.3, 0.4) is 0 Å². The zero-order chi connectivity index (χ0) is 14.5. The van der Waals surface area contributed by atoms with Crippen LogP contribution in [0.4, 0.5) is 5.69 Å². The van der Waals surface area contributed by atoms with E-state index in [9.17, 15) is 4.79 Å². The van der Waals surface area contributed by atoms with E-state index >= 15 is 0 Å². The maximum absolute atomic E-state index is 12.1. The SMILES string of the molecule is CC(CCCN)C(=O)Nc1cccc2cc(Br)cnc12. The summed E-state index contributed by atoms with van der Waals surface area (Å²) in [6.07, 6.45) is 3.39. The number of hydrogen-bond donors (Lipinski definition) is 2. The zero-order valence-corrected chi connectivity index (χ0v) is 13.0. The molecule has 1 heterocycles. The van der Waals surface area contributed by atoms with Crippen LogP contribution in [0.2, 0.25) is 0 Å².